The molecule has 0 radical (unpaired) electrons. The molecule has 0 aliphatic carbocycles. The molecule has 2 aromatic heterocycles. The van der Waals surface area contributed by atoms with E-state index in [0.717, 1.165) is 40.9 Å². The Hall–Kier alpha value is -2.61. The fourth-order valence-corrected chi connectivity index (χ4v) is 6.16. The summed E-state index contributed by atoms with van der Waals surface area (Å²) in [6.07, 6.45) is 2.75. The number of hydrogen-bond acceptors (Lipinski definition) is 4. The third-order valence-corrected chi connectivity index (χ3v) is 8.16. The van der Waals surface area contributed by atoms with Crippen molar-refractivity contribution in [2.75, 3.05) is 31.1 Å². The van der Waals surface area contributed by atoms with Gasteiger partial charge in [-0.05, 0) is 55.3 Å². The molecule has 0 saturated carbocycles. The van der Waals surface area contributed by atoms with Crippen LogP contribution in [0.4, 0.5) is 5.82 Å². The Labute approximate surface area is 186 Å². The summed E-state index contributed by atoms with van der Waals surface area (Å²) in [4.78, 5) is 7.48. The van der Waals surface area contributed by atoms with Crippen molar-refractivity contribution in [3.05, 3.63) is 71.4 Å². The van der Waals surface area contributed by atoms with Gasteiger partial charge < -0.3 is 9.30 Å². The summed E-state index contributed by atoms with van der Waals surface area (Å²) in [5.74, 6) is 0.856. The van der Waals surface area contributed by atoms with Gasteiger partial charge >= 0.3 is 0 Å². The molecule has 31 heavy (non-hydrogen) atoms. The predicted octanol–water partition coefficient (Wildman–Crippen LogP) is 4.35. The highest BCUT2D eigenvalue weighted by molar-refractivity contribution is 7.89. The fraction of sp³-hybridized carbons (Fsp3) is 0.261. The summed E-state index contributed by atoms with van der Waals surface area (Å²) in [6.45, 7) is 4.05. The average molecular weight is 455 g/mol. The number of aromatic nitrogens is 2. The summed E-state index contributed by atoms with van der Waals surface area (Å²) >= 11 is 6.21. The van der Waals surface area contributed by atoms with Crippen molar-refractivity contribution < 1.29 is 8.42 Å². The Morgan fingerprint density at radius 1 is 0.935 bits per heavy atom. The lowest BCUT2D eigenvalue weighted by molar-refractivity contribution is 0.432. The first kappa shape index (κ1) is 20.3. The number of aryl methyl sites for hydroxylation is 1. The number of sulfonamides is 1. The second kappa shape index (κ2) is 7.82. The molecular formula is C23H23ClN4O2S. The molecule has 0 unspecified atom stereocenters. The largest absolute Gasteiger partial charge is 0.353 e. The van der Waals surface area contributed by atoms with Crippen molar-refractivity contribution in [3.8, 4) is 0 Å². The van der Waals surface area contributed by atoms with Gasteiger partial charge in [0.1, 0.15) is 0 Å². The highest BCUT2D eigenvalue weighted by Crippen LogP contribution is 2.28. The molecule has 1 saturated heterocycles. The molecule has 0 bridgehead atoms. The van der Waals surface area contributed by atoms with Gasteiger partial charge in [-0.2, -0.15) is 4.31 Å². The standard InChI is InChI=1S/C23H23ClN4O2S/c1-17-6-2-3-8-22(17)31(29,30)27-12-5-11-26(14-15-27)23-21-7-4-13-28(21)20-10-9-18(24)16-19(20)25-23/h2-4,6-10,13,16H,5,11-12,14-15H2,1H3. The fourth-order valence-electron chi connectivity index (χ4n) is 4.30. The summed E-state index contributed by atoms with van der Waals surface area (Å²) in [6, 6.07) is 16.9. The monoisotopic (exact) mass is 454 g/mol. The highest BCUT2D eigenvalue weighted by Gasteiger charge is 2.29. The third-order valence-electron chi connectivity index (χ3n) is 5.87. The van der Waals surface area contributed by atoms with Crippen LogP contribution in [-0.2, 0) is 10.0 Å². The number of anilines is 1. The molecule has 0 amide bonds. The van der Waals surface area contributed by atoms with Crippen molar-refractivity contribution in [2.45, 2.75) is 18.2 Å². The van der Waals surface area contributed by atoms with E-state index >= 15 is 0 Å². The Bertz CT molecular complexity index is 1380. The molecule has 1 fully saturated rings. The second-order valence-corrected chi connectivity index (χ2v) is 10.2. The molecule has 0 spiro atoms. The van der Waals surface area contributed by atoms with Crippen LogP contribution in [0.2, 0.25) is 5.02 Å². The number of hydrogen-bond donors (Lipinski definition) is 0. The zero-order chi connectivity index (χ0) is 21.6. The Morgan fingerprint density at radius 2 is 1.77 bits per heavy atom. The quantitative estimate of drug-likeness (QED) is 0.461. The van der Waals surface area contributed by atoms with E-state index in [1.54, 1.807) is 16.4 Å². The van der Waals surface area contributed by atoms with E-state index in [4.69, 9.17) is 16.6 Å². The van der Waals surface area contributed by atoms with Crippen molar-refractivity contribution in [2.24, 2.45) is 0 Å². The van der Waals surface area contributed by atoms with E-state index in [2.05, 4.69) is 9.30 Å². The lowest BCUT2D eigenvalue weighted by atomic mass is 10.2. The minimum absolute atomic E-state index is 0.385. The predicted molar refractivity (Wildman–Crippen MR) is 124 cm³/mol. The van der Waals surface area contributed by atoms with Crippen molar-refractivity contribution in [1.29, 1.82) is 0 Å². The number of benzene rings is 2. The molecule has 3 heterocycles. The molecule has 0 atom stereocenters. The van der Waals surface area contributed by atoms with Crippen LogP contribution in [0.1, 0.15) is 12.0 Å². The van der Waals surface area contributed by atoms with Gasteiger partial charge in [0.15, 0.2) is 5.82 Å². The molecule has 0 N–H and O–H groups in total. The molecule has 4 aromatic rings. The summed E-state index contributed by atoms with van der Waals surface area (Å²) < 4.78 is 30.2. The van der Waals surface area contributed by atoms with Crippen molar-refractivity contribution in [1.82, 2.24) is 13.7 Å². The first-order valence-electron chi connectivity index (χ1n) is 10.3. The smallest absolute Gasteiger partial charge is 0.243 e. The van der Waals surface area contributed by atoms with Crippen LogP contribution in [0.15, 0.2) is 65.7 Å². The Balaban J connectivity index is 1.49. The zero-order valence-corrected chi connectivity index (χ0v) is 18.8. The van der Waals surface area contributed by atoms with Gasteiger partial charge in [0.05, 0.1) is 21.4 Å². The first-order chi connectivity index (χ1) is 14.9. The molecule has 6 nitrogen and oxygen atoms in total. The molecular weight excluding hydrogens is 432 g/mol. The van der Waals surface area contributed by atoms with Crippen LogP contribution < -0.4 is 4.90 Å². The van der Waals surface area contributed by atoms with Gasteiger partial charge in [-0.15, -0.1) is 0 Å². The van der Waals surface area contributed by atoms with Gasteiger partial charge in [-0.1, -0.05) is 29.8 Å². The number of halogens is 1. The van der Waals surface area contributed by atoms with E-state index in [9.17, 15) is 8.42 Å². The van der Waals surface area contributed by atoms with Gasteiger partial charge in [0, 0.05) is 37.4 Å². The van der Waals surface area contributed by atoms with Gasteiger partial charge in [-0.25, -0.2) is 13.4 Å². The summed E-state index contributed by atoms with van der Waals surface area (Å²) in [7, 11) is -3.53. The molecule has 1 aliphatic rings. The van der Waals surface area contributed by atoms with Crippen molar-refractivity contribution >= 4 is 44.0 Å². The van der Waals surface area contributed by atoms with Gasteiger partial charge in [-0.3, -0.25) is 0 Å². The minimum atomic E-state index is -3.53. The summed E-state index contributed by atoms with van der Waals surface area (Å²) in [5.41, 5.74) is 3.59. The van der Waals surface area contributed by atoms with Gasteiger partial charge in [0.25, 0.3) is 0 Å². The maximum atomic E-state index is 13.3. The molecule has 1 aliphatic heterocycles. The van der Waals surface area contributed by atoms with Gasteiger partial charge in [0.2, 0.25) is 10.0 Å². The van der Waals surface area contributed by atoms with Crippen LogP contribution in [0, 0.1) is 6.92 Å². The third kappa shape index (κ3) is 3.56. The SMILES string of the molecule is Cc1ccccc1S(=O)(=O)N1CCCN(c2nc3cc(Cl)ccc3n3cccc23)CC1. The maximum absolute atomic E-state index is 13.3. The minimum Gasteiger partial charge on any atom is -0.353 e. The average Bonchev–Trinajstić information content (AvgIpc) is 3.10. The summed E-state index contributed by atoms with van der Waals surface area (Å²) in [5, 5.41) is 0.642. The van der Waals surface area contributed by atoms with Crippen LogP contribution in [0.5, 0.6) is 0 Å². The van der Waals surface area contributed by atoms with Crippen LogP contribution in [0.25, 0.3) is 16.6 Å². The number of nitrogens with zero attached hydrogens (tertiary/aromatic N) is 4. The molecule has 2 aromatic carbocycles. The number of fused-ring (bicyclic) bond motifs is 3. The van der Waals surface area contributed by atoms with Crippen molar-refractivity contribution in [3.63, 3.8) is 0 Å². The highest BCUT2D eigenvalue weighted by atomic mass is 35.5. The molecule has 5 rings (SSSR count). The molecule has 160 valence electrons. The van der Waals surface area contributed by atoms with E-state index in [0.29, 0.717) is 29.6 Å². The maximum Gasteiger partial charge on any atom is 0.243 e. The van der Waals surface area contributed by atoms with E-state index < -0.39 is 10.0 Å². The Morgan fingerprint density at radius 3 is 2.61 bits per heavy atom. The van der Waals surface area contributed by atoms with Crippen LogP contribution in [0.3, 0.4) is 0 Å². The Kier molecular flexibility index (Phi) is 5.12. The lowest BCUT2D eigenvalue weighted by Gasteiger charge is -2.24. The number of rotatable bonds is 3. The molecule has 8 heteroatoms. The van der Waals surface area contributed by atoms with Crippen LogP contribution >= 0.6 is 11.6 Å². The normalized spacial score (nSPS) is 16.1. The van der Waals surface area contributed by atoms with E-state index in [1.165, 1.54) is 0 Å². The van der Waals surface area contributed by atoms with Crippen LogP contribution in [-0.4, -0.2) is 48.3 Å². The second-order valence-electron chi connectivity index (χ2n) is 7.84. The van der Waals surface area contributed by atoms with E-state index in [-0.39, 0.29) is 0 Å². The lowest BCUT2D eigenvalue weighted by Crippen LogP contribution is -2.35. The first-order valence-corrected chi connectivity index (χ1v) is 12.1. The van der Waals surface area contributed by atoms with E-state index in [1.807, 2.05) is 55.6 Å². The topological polar surface area (TPSA) is 57.9 Å². The zero-order valence-electron chi connectivity index (χ0n) is 17.2.